The summed E-state index contributed by atoms with van der Waals surface area (Å²) in [5, 5.41) is 2.62. The Labute approximate surface area is 109 Å². The van der Waals surface area contributed by atoms with Crippen LogP contribution in [0.25, 0.3) is 0 Å². The van der Waals surface area contributed by atoms with E-state index >= 15 is 0 Å². The summed E-state index contributed by atoms with van der Waals surface area (Å²) < 4.78 is 43.3. The molecule has 1 aromatic carbocycles. The topological polar surface area (TPSA) is 38.3 Å². The maximum Gasteiger partial charge on any atom is 0.416 e. The summed E-state index contributed by atoms with van der Waals surface area (Å²) in [7, 11) is 1.59. The minimum absolute atomic E-state index is 0.0329. The Bertz CT molecular complexity index is 432. The van der Waals surface area contributed by atoms with Crippen molar-refractivity contribution in [3.8, 4) is 0 Å². The normalized spacial score (nSPS) is 13.1. The van der Waals surface area contributed by atoms with Crippen molar-refractivity contribution in [1.82, 2.24) is 5.32 Å². The zero-order chi connectivity index (χ0) is 14.5. The fraction of sp³-hybridized carbons (Fsp3) is 0.462. The highest BCUT2D eigenvalue weighted by molar-refractivity contribution is 5.71. The molecule has 0 fully saturated rings. The molecule has 1 N–H and O–H groups in total. The summed E-state index contributed by atoms with van der Waals surface area (Å²) in [5.74, 6) is -0.487. The molecule has 0 aliphatic heterocycles. The van der Waals surface area contributed by atoms with E-state index in [0.717, 1.165) is 6.07 Å². The second kappa shape index (κ2) is 6.56. The number of benzene rings is 1. The van der Waals surface area contributed by atoms with Crippen molar-refractivity contribution < 1.29 is 22.7 Å². The van der Waals surface area contributed by atoms with E-state index in [1.807, 2.05) is 0 Å². The van der Waals surface area contributed by atoms with Crippen LogP contribution in [0.15, 0.2) is 24.3 Å². The third-order valence-corrected chi connectivity index (χ3v) is 2.48. The van der Waals surface area contributed by atoms with Gasteiger partial charge in [-0.1, -0.05) is 18.2 Å². The number of nitrogens with one attached hydrogen (secondary N) is 1. The fourth-order valence-corrected chi connectivity index (χ4v) is 1.74. The monoisotopic (exact) mass is 275 g/mol. The molecule has 0 spiro atoms. The predicted octanol–water partition coefficient (Wildman–Crippen LogP) is 2.40. The number of hydrogen-bond donors (Lipinski definition) is 1. The van der Waals surface area contributed by atoms with E-state index in [0.29, 0.717) is 0 Å². The molecule has 106 valence electrons. The van der Waals surface area contributed by atoms with Crippen molar-refractivity contribution in [3.05, 3.63) is 35.4 Å². The number of carbonyl (C=O) groups is 1. The fourth-order valence-electron chi connectivity index (χ4n) is 1.74. The maximum absolute atomic E-state index is 12.8. The van der Waals surface area contributed by atoms with Gasteiger partial charge in [-0.25, -0.2) is 0 Å². The average molecular weight is 275 g/mol. The molecule has 6 heteroatoms. The first-order chi connectivity index (χ1) is 8.84. The zero-order valence-corrected chi connectivity index (χ0v) is 10.8. The van der Waals surface area contributed by atoms with Gasteiger partial charge in [0.25, 0.3) is 0 Å². The molecule has 0 amide bonds. The molecule has 1 unspecified atom stereocenters. The molecule has 0 saturated heterocycles. The lowest BCUT2D eigenvalue weighted by atomic mass is 10.0. The Kier molecular flexibility index (Phi) is 5.35. The lowest BCUT2D eigenvalue weighted by molar-refractivity contribution is -0.147. The molecule has 19 heavy (non-hydrogen) atoms. The van der Waals surface area contributed by atoms with E-state index in [1.54, 1.807) is 14.0 Å². The van der Waals surface area contributed by atoms with E-state index in [2.05, 4.69) is 5.32 Å². The summed E-state index contributed by atoms with van der Waals surface area (Å²) in [6.07, 6.45) is -4.97. The van der Waals surface area contributed by atoms with Crippen LogP contribution in [0.2, 0.25) is 0 Å². The van der Waals surface area contributed by atoms with Gasteiger partial charge in [0.15, 0.2) is 0 Å². The zero-order valence-electron chi connectivity index (χ0n) is 10.8. The molecular weight excluding hydrogens is 259 g/mol. The molecule has 0 heterocycles. The van der Waals surface area contributed by atoms with Crippen molar-refractivity contribution in [2.45, 2.75) is 25.6 Å². The largest absolute Gasteiger partial charge is 0.461 e. The molecule has 0 aromatic heterocycles. The van der Waals surface area contributed by atoms with Gasteiger partial charge in [-0.3, -0.25) is 4.79 Å². The highest BCUT2D eigenvalue weighted by Crippen LogP contribution is 2.32. The number of halogens is 3. The smallest absolute Gasteiger partial charge is 0.416 e. The molecule has 0 aliphatic rings. The number of alkyl halides is 3. The van der Waals surface area contributed by atoms with Crippen molar-refractivity contribution >= 4 is 5.97 Å². The van der Waals surface area contributed by atoms with E-state index in [1.165, 1.54) is 18.2 Å². The van der Waals surface area contributed by atoms with Crippen LogP contribution in [-0.4, -0.2) is 25.7 Å². The Morgan fingerprint density at radius 2 is 2.00 bits per heavy atom. The Hall–Kier alpha value is -1.56. The highest BCUT2D eigenvalue weighted by Gasteiger charge is 2.33. The van der Waals surface area contributed by atoms with Gasteiger partial charge in [-0.05, 0) is 25.6 Å². The summed E-state index contributed by atoms with van der Waals surface area (Å²) in [6, 6.07) is 5.29. The van der Waals surface area contributed by atoms with Crippen LogP contribution in [0.4, 0.5) is 13.2 Å². The Morgan fingerprint density at radius 3 is 2.58 bits per heavy atom. The van der Waals surface area contributed by atoms with Crippen LogP contribution >= 0.6 is 0 Å². The SMILES string of the molecule is CNCC(=O)OC(C)Cc1ccccc1C(F)(F)F. The van der Waals surface area contributed by atoms with Crippen LogP contribution in [0.5, 0.6) is 0 Å². The molecule has 1 rings (SSSR count). The van der Waals surface area contributed by atoms with Gasteiger partial charge < -0.3 is 10.1 Å². The van der Waals surface area contributed by atoms with Crippen LogP contribution in [-0.2, 0) is 22.1 Å². The van der Waals surface area contributed by atoms with Crippen LogP contribution in [0.1, 0.15) is 18.1 Å². The lowest BCUT2D eigenvalue weighted by Gasteiger charge is -2.17. The number of likely N-dealkylation sites (N-methyl/N-ethyl adjacent to an activating group) is 1. The van der Waals surface area contributed by atoms with Crippen molar-refractivity contribution in [2.24, 2.45) is 0 Å². The molecule has 1 atom stereocenters. The quantitative estimate of drug-likeness (QED) is 0.839. The molecule has 3 nitrogen and oxygen atoms in total. The van der Waals surface area contributed by atoms with Crippen molar-refractivity contribution in [1.29, 1.82) is 0 Å². The van der Waals surface area contributed by atoms with Gasteiger partial charge in [0.1, 0.15) is 6.10 Å². The second-order valence-corrected chi connectivity index (χ2v) is 4.19. The Morgan fingerprint density at radius 1 is 1.37 bits per heavy atom. The first-order valence-electron chi connectivity index (χ1n) is 5.83. The van der Waals surface area contributed by atoms with E-state index in [4.69, 9.17) is 4.74 Å². The molecule has 0 aliphatic carbocycles. The Balaban J connectivity index is 2.74. The average Bonchev–Trinajstić information content (AvgIpc) is 2.28. The van der Waals surface area contributed by atoms with Crippen molar-refractivity contribution in [2.75, 3.05) is 13.6 Å². The number of carbonyl (C=O) groups excluding carboxylic acids is 1. The molecule has 0 radical (unpaired) electrons. The summed E-state index contributed by atoms with van der Waals surface area (Å²) in [4.78, 5) is 11.2. The maximum atomic E-state index is 12.8. The molecule has 0 saturated carbocycles. The van der Waals surface area contributed by atoms with Gasteiger partial charge in [0, 0.05) is 6.42 Å². The minimum Gasteiger partial charge on any atom is -0.461 e. The van der Waals surface area contributed by atoms with Gasteiger partial charge in [0.2, 0.25) is 0 Å². The van der Waals surface area contributed by atoms with Gasteiger partial charge in [-0.2, -0.15) is 13.2 Å². The number of esters is 1. The lowest BCUT2D eigenvalue weighted by Crippen LogP contribution is -2.26. The van der Waals surface area contributed by atoms with E-state index in [9.17, 15) is 18.0 Å². The molecule has 1 aromatic rings. The number of ether oxygens (including phenoxy) is 1. The number of rotatable bonds is 5. The predicted molar refractivity (Wildman–Crippen MR) is 64.6 cm³/mol. The van der Waals surface area contributed by atoms with Crippen LogP contribution < -0.4 is 5.32 Å². The minimum atomic E-state index is -4.40. The van der Waals surface area contributed by atoms with E-state index in [-0.39, 0.29) is 18.5 Å². The third-order valence-electron chi connectivity index (χ3n) is 2.48. The van der Waals surface area contributed by atoms with Gasteiger partial charge in [0.05, 0.1) is 12.1 Å². The standard InChI is InChI=1S/C13H16F3NO2/c1-9(19-12(18)8-17-2)7-10-5-3-4-6-11(10)13(14,15)16/h3-6,9,17H,7-8H2,1-2H3. The first-order valence-corrected chi connectivity index (χ1v) is 5.83. The van der Waals surface area contributed by atoms with Crippen LogP contribution in [0.3, 0.4) is 0 Å². The summed E-state index contributed by atoms with van der Waals surface area (Å²) >= 11 is 0. The first kappa shape index (κ1) is 15.5. The van der Waals surface area contributed by atoms with Gasteiger partial charge in [-0.15, -0.1) is 0 Å². The third kappa shape index (κ3) is 4.90. The number of hydrogen-bond acceptors (Lipinski definition) is 3. The highest BCUT2D eigenvalue weighted by atomic mass is 19.4. The summed E-state index contributed by atoms with van der Waals surface area (Å²) in [6.45, 7) is 1.60. The summed E-state index contributed by atoms with van der Waals surface area (Å²) in [5.41, 5.74) is -0.564. The van der Waals surface area contributed by atoms with Crippen molar-refractivity contribution in [3.63, 3.8) is 0 Å². The van der Waals surface area contributed by atoms with E-state index < -0.39 is 23.8 Å². The van der Waals surface area contributed by atoms with Crippen LogP contribution in [0, 0.1) is 0 Å². The molecular formula is C13H16F3NO2. The van der Waals surface area contributed by atoms with Gasteiger partial charge >= 0.3 is 12.1 Å². The second-order valence-electron chi connectivity index (χ2n) is 4.19. The molecule has 0 bridgehead atoms.